The van der Waals surface area contributed by atoms with Crippen LogP contribution >= 0.6 is 0 Å². The predicted octanol–water partition coefficient (Wildman–Crippen LogP) is -0.509. The molecule has 0 N–H and O–H groups in total. The third kappa shape index (κ3) is 5.71. The third-order valence-electron chi connectivity index (χ3n) is 10.0. The van der Waals surface area contributed by atoms with Gasteiger partial charge in [0.15, 0.2) is 0 Å². The van der Waals surface area contributed by atoms with Crippen LogP contribution in [-0.4, -0.2) is 69.4 Å². The van der Waals surface area contributed by atoms with E-state index in [2.05, 4.69) is 67.2 Å². The van der Waals surface area contributed by atoms with E-state index in [1.165, 1.54) is 51.6 Å². The van der Waals surface area contributed by atoms with Gasteiger partial charge in [-0.1, -0.05) is 13.0 Å². The zero-order valence-electron chi connectivity index (χ0n) is 22.2. The van der Waals surface area contributed by atoms with Gasteiger partial charge in [0.1, 0.15) is 18.9 Å². The number of halogens is 2. The van der Waals surface area contributed by atoms with Crippen LogP contribution in [0.15, 0.2) is 18.2 Å². The average molecular weight is 683 g/mol. The summed E-state index contributed by atoms with van der Waals surface area (Å²) in [5, 5.41) is 0. The van der Waals surface area contributed by atoms with E-state index >= 15 is 0 Å². The molecular weight excluding hydrogens is 634 g/mol. The van der Waals surface area contributed by atoms with E-state index in [4.69, 9.17) is 4.74 Å². The minimum atomic E-state index is 0. The first-order chi connectivity index (χ1) is 14.6. The maximum atomic E-state index is 6.23. The van der Waals surface area contributed by atoms with Crippen molar-refractivity contribution in [1.82, 2.24) is 0 Å². The molecular formula is C28H48I2N2O. The van der Waals surface area contributed by atoms with E-state index in [-0.39, 0.29) is 48.0 Å². The SMILES string of the molecule is CC[N+](C)(CC)CCOc1ccc2c(c1)CC[C@@H]1[C@@H]2CC[C@@]2(C)[C@H]1CC[C@@H]2[N+](C)(C)C.[I-].[I-]. The van der Waals surface area contributed by atoms with Gasteiger partial charge >= 0.3 is 0 Å². The smallest absolute Gasteiger partial charge is 0.137 e. The molecule has 0 bridgehead atoms. The minimum Gasteiger partial charge on any atom is -1.00 e. The van der Waals surface area contributed by atoms with Crippen molar-refractivity contribution in [3.63, 3.8) is 0 Å². The second-order valence-electron chi connectivity index (χ2n) is 12.4. The largest absolute Gasteiger partial charge is 1.00 e. The van der Waals surface area contributed by atoms with Crippen molar-refractivity contribution in [2.75, 3.05) is 54.4 Å². The first-order valence-electron chi connectivity index (χ1n) is 13.0. The Morgan fingerprint density at radius 2 is 1.67 bits per heavy atom. The molecule has 0 aliphatic heterocycles. The van der Waals surface area contributed by atoms with Crippen molar-refractivity contribution in [2.45, 2.75) is 71.3 Å². The second-order valence-corrected chi connectivity index (χ2v) is 12.4. The van der Waals surface area contributed by atoms with Crippen LogP contribution in [-0.2, 0) is 6.42 Å². The van der Waals surface area contributed by atoms with Gasteiger partial charge in [-0.05, 0) is 87.0 Å². The Kier molecular flexibility index (Phi) is 10.1. The van der Waals surface area contributed by atoms with Crippen molar-refractivity contribution < 1.29 is 61.7 Å². The zero-order chi connectivity index (χ0) is 22.4. The quantitative estimate of drug-likeness (QED) is 0.279. The highest BCUT2D eigenvalue weighted by Gasteiger charge is 2.58. The lowest BCUT2D eigenvalue weighted by atomic mass is 9.55. The van der Waals surface area contributed by atoms with E-state index in [1.807, 2.05) is 0 Å². The molecule has 0 radical (unpaired) electrons. The number of hydrogen-bond donors (Lipinski definition) is 0. The number of fused-ring (bicyclic) bond motifs is 5. The molecule has 5 heteroatoms. The van der Waals surface area contributed by atoms with Crippen molar-refractivity contribution in [3.8, 4) is 5.75 Å². The van der Waals surface area contributed by atoms with Gasteiger partial charge in [-0.2, -0.15) is 0 Å². The maximum Gasteiger partial charge on any atom is 0.137 e. The van der Waals surface area contributed by atoms with E-state index in [0.717, 1.165) is 51.7 Å². The summed E-state index contributed by atoms with van der Waals surface area (Å²) < 4.78 is 8.45. The third-order valence-corrected chi connectivity index (χ3v) is 10.0. The number of benzene rings is 1. The monoisotopic (exact) mass is 682 g/mol. The van der Waals surface area contributed by atoms with Gasteiger partial charge in [-0.25, -0.2) is 0 Å². The fourth-order valence-electron chi connectivity index (χ4n) is 7.82. The van der Waals surface area contributed by atoms with E-state index in [9.17, 15) is 0 Å². The fourth-order valence-corrected chi connectivity index (χ4v) is 7.82. The lowest BCUT2D eigenvalue weighted by molar-refractivity contribution is -0.906. The van der Waals surface area contributed by atoms with Gasteiger partial charge in [0.25, 0.3) is 0 Å². The molecule has 3 aliphatic rings. The summed E-state index contributed by atoms with van der Waals surface area (Å²) in [6.07, 6.45) is 8.27. The number of hydrogen-bond acceptors (Lipinski definition) is 1. The Morgan fingerprint density at radius 1 is 0.970 bits per heavy atom. The van der Waals surface area contributed by atoms with Crippen molar-refractivity contribution in [3.05, 3.63) is 29.3 Å². The summed E-state index contributed by atoms with van der Waals surface area (Å²) in [5.74, 6) is 3.67. The van der Waals surface area contributed by atoms with Crippen LogP contribution in [0, 0.1) is 17.3 Å². The normalized spacial score (nSPS) is 30.9. The molecule has 2 fully saturated rings. The lowest BCUT2D eigenvalue weighted by Crippen LogP contribution is -3.00. The molecule has 190 valence electrons. The van der Waals surface area contributed by atoms with Gasteiger partial charge in [0, 0.05) is 11.8 Å². The first kappa shape index (κ1) is 29.6. The number of ether oxygens (including phenoxy) is 1. The standard InChI is InChI=1S/C28H48N2O.2HI/c1-8-30(7,9-2)18-19-31-22-11-13-23-21(20-22)10-12-25-24(23)16-17-28(3)26(25)14-15-27(28)29(4,5)6;;/h11,13,20,24-27H,8-10,12,14-19H2,1-7H3;2*1H/q+2;;/p-2/t24-,25-,26+,27+,28+;;/m1../s1. The highest BCUT2D eigenvalue weighted by molar-refractivity contribution is 5.40. The Morgan fingerprint density at radius 3 is 2.30 bits per heavy atom. The van der Waals surface area contributed by atoms with Crippen LogP contribution in [0.3, 0.4) is 0 Å². The summed E-state index contributed by atoms with van der Waals surface area (Å²) in [4.78, 5) is 0. The molecule has 3 aliphatic carbocycles. The zero-order valence-corrected chi connectivity index (χ0v) is 26.5. The van der Waals surface area contributed by atoms with Gasteiger partial charge in [-0.15, -0.1) is 0 Å². The number of rotatable bonds is 7. The fraction of sp³-hybridized carbons (Fsp3) is 0.786. The summed E-state index contributed by atoms with van der Waals surface area (Å²) in [6.45, 7) is 11.4. The van der Waals surface area contributed by atoms with E-state index < -0.39 is 0 Å². The van der Waals surface area contributed by atoms with Crippen LogP contribution in [0.4, 0.5) is 0 Å². The van der Waals surface area contributed by atoms with E-state index in [1.54, 1.807) is 11.1 Å². The van der Waals surface area contributed by atoms with Crippen molar-refractivity contribution >= 4 is 0 Å². The van der Waals surface area contributed by atoms with E-state index in [0.29, 0.717) is 5.41 Å². The molecule has 2 saturated carbocycles. The predicted molar refractivity (Wildman–Crippen MR) is 131 cm³/mol. The molecule has 33 heavy (non-hydrogen) atoms. The van der Waals surface area contributed by atoms with Crippen LogP contribution in [0.1, 0.15) is 69.9 Å². The molecule has 1 aromatic carbocycles. The van der Waals surface area contributed by atoms with Gasteiger partial charge in [0.2, 0.25) is 0 Å². The first-order valence-corrected chi connectivity index (χ1v) is 13.0. The van der Waals surface area contributed by atoms with Gasteiger partial charge in [-0.3, -0.25) is 0 Å². The molecule has 3 nitrogen and oxygen atoms in total. The molecule has 0 heterocycles. The topological polar surface area (TPSA) is 9.23 Å². The summed E-state index contributed by atoms with van der Waals surface area (Å²) >= 11 is 0. The van der Waals surface area contributed by atoms with Gasteiger partial charge in [0.05, 0.1) is 47.3 Å². The van der Waals surface area contributed by atoms with Crippen LogP contribution in [0.25, 0.3) is 0 Å². The molecule has 0 aromatic heterocycles. The Bertz CT molecular complexity index is 789. The van der Waals surface area contributed by atoms with Crippen LogP contribution in [0.2, 0.25) is 0 Å². The molecule has 1 aromatic rings. The Balaban J connectivity index is 0.00000193. The molecule has 5 atom stereocenters. The Hall–Kier alpha value is 0.400. The molecule has 4 rings (SSSR count). The summed E-state index contributed by atoms with van der Waals surface area (Å²) in [7, 11) is 9.60. The Labute approximate surface area is 238 Å². The summed E-state index contributed by atoms with van der Waals surface area (Å²) in [5.41, 5.74) is 3.76. The van der Waals surface area contributed by atoms with Crippen molar-refractivity contribution in [2.24, 2.45) is 17.3 Å². The molecule has 0 saturated heterocycles. The summed E-state index contributed by atoms with van der Waals surface area (Å²) in [6, 6.07) is 7.90. The molecule has 0 spiro atoms. The van der Waals surface area contributed by atoms with Crippen LogP contribution < -0.4 is 52.7 Å². The lowest BCUT2D eigenvalue weighted by Gasteiger charge is -2.52. The van der Waals surface area contributed by atoms with Gasteiger partial charge < -0.3 is 61.7 Å². The maximum absolute atomic E-state index is 6.23. The average Bonchev–Trinajstić information content (AvgIpc) is 3.11. The number of quaternary nitrogens is 2. The highest BCUT2D eigenvalue weighted by atomic mass is 127. The number of likely N-dealkylation sites (N-methyl/N-ethyl adjacent to an activating group) is 1. The minimum absolute atomic E-state index is 0. The highest BCUT2D eigenvalue weighted by Crippen LogP contribution is 2.62. The van der Waals surface area contributed by atoms with Crippen LogP contribution in [0.5, 0.6) is 5.75 Å². The molecule has 0 amide bonds. The number of aryl methyl sites for hydroxylation is 1. The second kappa shape index (κ2) is 11.2. The van der Waals surface area contributed by atoms with Crippen molar-refractivity contribution in [1.29, 1.82) is 0 Å². The number of nitrogens with zero attached hydrogens (tertiary/aromatic N) is 2. The molecule has 0 unspecified atom stereocenters.